The molecule has 112 valence electrons. The zero-order valence-corrected chi connectivity index (χ0v) is 13.0. The molecular weight excluding hydrogens is 234 g/mol. The van der Waals surface area contributed by atoms with Crippen LogP contribution >= 0.6 is 0 Å². The number of hydrogen-bond donors (Lipinski definition) is 1. The third-order valence-corrected chi connectivity index (χ3v) is 4.81. The minimum absolute atomic E-state index is 0.336. The van der Waals surface area contributed by atoms with Gasteiger partial charge < -0.3 is 15.5 Å². The van der Waals surface area contributed by atoms with Crippen LogP contribution in [0.4, 0.5) is 0 Å². The Morgan fingerprint density at radius 2 is 1.63 bits per heavy atom. The maximum absolute atomic E-state index is 5.78. The topological polar surface area (TPSA) is 32.5 Å². The largest absolute Gasteiger partial charge is 0.330 e. The summed E-state index contributed by atoms with van der Waals surface area (Å²) in [4.78, 5) is 5.32. The highest BCUT2D eigenvalue weighted by Gasteiger charge is 2.26. The maximum atomic E-state index is 5.78. The van der Waals surface area contributed by atoms with Crippen LogP contribution in [0.15, 0.2) is 0 Å². The Bertz CT molecular complexity index is 253. The molecule has 0 amide bonds. The molecule has 0 atom stereocenters. The standard InChI is InChI=1S/C16H33N3/c1-16(2,14-17)7-3-4-8-18-9-11-19(12-10-18)13-15-5-6-15/h15H,3-14,17H2,1-2H3. The SMILES string of the molecule is CC(C)(CN)CCCCN1CCN(CC2CC2)CC1. The molecule has 3 heteroatoms. The molecule has 1 aliphatic carbocycles. The molecule has 0 bridgehead atoms. The Kier molecular flexibility index (Phi) is 5.67. The molecule has 0 unspecified atom stereocenters. The van der Waals surface area contributed by atoms with E-state index in [1.165, 1.54) is 71.4 Å². The number of rotatable bonds is 8. The molecule has 0 aromatic rings. The molecule has 0 aromatic heterocycles. The fraction of sp³-hybridized carbons (Fsp3) is 1.00. The van der Waals surface area contributed by atoms with Crippen molar-refractivity contribution in [2.75, 3.05) is 45.8 Å². The van der Waals surface area contributed by atoms with Gasteiger partial charge in [-0.1, -0.05) is 20.3 Å². The molecule has 0 radical (unpaired) electrons. The quantitative estimate of drug-likeness (QED) is 0.684. The van der Waals surface area contributed by atoms with E-state index >= 15 is 0 Å². The summed E-state index contributed by atoms with van der Waals surface area (Å²) in [5.41, 5.74) is 6.11. The first-order valence-electron chi connectivity index (χ1n) is 8.24. The highest BCUT2D eigenvalue weighted by atomic mass is 15.3. The molecule has 3 nitrogen and oxygen atoms in total. The summed E-state index contributed by atoms with van der Waals surface area (Å²) in [5.74, 6) is 1.05. The van der Waals surface area contributed by atoms with Crippen LogP contribution in [0, 0.1) is 11.3 Å². The van der Waals surface area contributed by atoms with Crippen LogP contribution in [0.5, 0.6) is 0 Å². The zero-order valence-electron chi connectivity index (χ0n) is 13.0. The van der Waals surface area contributed by atoms with E-state index in [1.807, 2.05) is 0 Å². The van der Waals surface area contributed by atoms with E-state index in [2.05, 4.69) is 23.6 Å². The van der Waals surface area contributed by atoms with Gasteiger partial charge in [0.2, 0.25) is 0 Å². The van der Waals surface area contributed by atoms with E-state index in [0.29, 0.717) is 5.41 Å². The molecular formula is C16H33N3. The molecule has 0 aromatic carbocycles. The molecule has 1 aliphatic heterocycles. The lowest BCUT2D eigenvalue weighted by atomic mass is 9.87. The number of nitrogens with zero attached hydrogens (tertiary/aromatic N) is 2. The average Bonchev–Trinajstić information content (AvgIpc) is 3.21. The lowest BCUT2D eigenvalue weighted by Gasteiger charge is -2.35. The second-order valence-electron chi connectivity index (χ2n) is 7.41. The number of hydrogen-bond acceptors (Lipinski definition) is 3. The Balaban J connectivity index is 1.50. The summed E-state index contributed by atoms with van der Waals surface area (Å²) >= 11 is 0. The van der Waals surface area contributed by atoms with Crippen LogP contribution in [-0.2, 0) is 0 Å². The van der Waals surface area contributed by atoms with Crippen molar-refractivity contribution >= 4 is 0 Å². The lowest BCUT2D eigenvalue weighted by Crippen LogP contribution is -2.47. The fourth-order valence-electron chi connectivity index (χ4n) is 2.90. The summed E-state index contributed by atoms with van der Waals surface area (Å²) in [7, 11) is 0. The van der Waals surface area contributed by atoms with Crippen LogP contribution in [0.25, 0.3) is 0 Å². The second kappa shape index (κ2) is 7.05. The normalized spacial score (nSPS) is 22.9. The molecule has 1 saturated carbocycles. The predicted molar refractivity (Wildman–Crippen MR) is 82.3 cm³/mol. The van der Waals surface area contributed by atoms with Gasteiger partial charge in [-0.2, -0.15) is 0 Å². The third kappa shape index (κ3) is 5.80. The first-order valence-corrected chi connectivity index (χ1v) is 8.24. The van der Waals surface area contributed by atoms with Crippen molar-refractivity contribution in [3.63, 3.8) is 0 Å². The fourth-order valence-corrected chi connectivity index (χ4v) is 2.90. The van der Waals surface area contributed by atoms with Crippen LogP contribution in [0.2, 0.25) is 0 Å². The van der Waals surface area contributed by atoms with Crippen molar-refractivity contribution in [3.8, 4) is 0 Å². The third-order valence-electron chi connectivity index (χ3n) is 4.81. The van der Waals surface area contributed by atoms with Gasteiger partial charge in [-0.15, -0.1) is 0 Å². The van der Waals surface area contributed by atoms with Gasteiger partial charge in [-0.3, -0.25) is 0 Å². The minimum atomic E-state index is 0.336. The van der Waals surface area contributed by atoms with Crippen molar-refractivity contribution in [1.82, 2.24) is 9.80 Å². The number of piperazine rings is 1. The summed E-state index contributed by atoms with van der Waals surface area (Å²) in [6.07, 6.45) is 6.90. The predicted octanol–water partition coefficient (Wildman–Crippen LogP) is 2.17. The molecule has 2 fully saturated rings. The first-order chi connectivity index (χ1) is 9.09. The summed E-state index contributed by atoms with van der Waals surface area (Å²) in [5, 5.41) is 0. The lowest BCUT2D eigenvalue weighted by molar-refractivity contribution is 0.126. The van der Waals surface area contributed by atoms with Gasteiger partial charge in [0, 0.05) is 32.7 Å². The van der Waals surface area contributed by atoms with Gasteiger partial charge in [0.1, 0.15) is 0 Å². The summed E-state index contributed by atoms with van der Waals surface area (Å²) in [6.45, 7) is 13.2. The zero-order chi connectivity index (χ0) is 13.7. The Morgan fingerprint density at radius 3 is 2.21 bits per heavy atom. The molecule has 1 heterocycles. The van der Waals surface area contributed by atoms with E-state index in [0.717, 1.165) is 12.5 Å². The van der Waals surface area contributed by atoms with Crippen molar-refractivity contribution in [1.29, 1.82) is 0 Å². The van der Waals surface area contributed by atoms with Gasteiger partial charge in [0.05, 0.1) is 0 Å². The molecule has 19 heavy (non-hydrogen) atoms. The van der Waals surface area contributed by atoms with Crippen LogP contribution in [0.1, 0.15) is 46.0 Å². The highest BCUT2D eigenvalue weighted by Crippen LogP contribution is 2.30. The smallest absolute Gasteiger partial charge is 0.0110 e. The van der Waals surface area contributed by atoms with Gasteiger partial charge in [-0.25, -0.2) is 0 Å². The summed E-state index contributed by atoms with van der Waals surface area (Å²) in [6, 6.07) is 0. The molecule has 0 spiro atoms. The van der Waals surface area contributed by atoms with Gasteiger partial charge in [0.25, 0.3) is 0 Å². The maximum Gasteiger partial charge on any atom is 0.0110 e. The van der Waals surface area contributed by atoms with Gasteiger partial charge in [0.15, 0.2) is 0 Å². The Labute approximate surface area is 119 Å². The van der Waals surface area contributed by atoms with E-state index < -0.39 is 0 Å². The van der Waals surface area contributed by atoms with E-state index in [-0.39, 0.29) is 0 Å². The Morgan fingerprint density at radius 1 is 1.00 bits per heavy atom. The second-order valence-corrected chi connectivity index (χ2v) is 7.41. The van der Waals surface area contributed by atoms with E-state index in [1.54, 1.807) is 0 Å². The molecule has 1 saturated heterocycles. The van der Waals surface area contributed by atoms with Crippen molar-refractivity contribution in [2.24, 2.45) is 17.1 Å². The molecule has 2 rings (SSSR count). The van der Waals surface area contributed by atoms with Gasteiger partial charge in [-0.05, 0) is 50.1 Å². The highest BCUT2D eigenvalue weighted by molar-refractivity contribution is 4.80. The van der Waals surface area contributed by atoms with E-state index in [9.17, 15) is 0 Å². The van der Waals surface area contributed by atoms with Crippen LogP contribution < -0.4 is 5.73 Å². The molecule has 2 aliphatic rings. The van der Waals surface area contributed by atoms with Crippen LogP contribution in [-0.4, -0.2) is 55.6 Å². The van der Waals surface area contributed by atoms with Crippen molar-refractivity contribution in [2.45, 2.75) is 46.0 Å². The minimum Gasteiger partial charge on any atom is -0.330 e. The monoisotopic (exact) mass is 267 g/mol. The number of nitrogens with two attached hydrogens (primary N) is 1. The first kappa shape index (κ1) is 15.3. The summed E-state index contributed by atoms with van der Waals surface area (Å²) < 4.78 is 0. The Hall–Kier alpha value is -0.120. The van der Waals surface area contributed by atoms with E-state index in [4.69, 9.17) is 5.73 Å². The number of unbranched alkanes of at least 4 members (excludes halogenated alkanes) is 1. The average molecular weight is 267 g/mol. The van der Waals surface area contributed by atoms with Gasteiger partial charge >= 0.3 is 0 Å². The van der Waals surface area contributed by atoms with Crippen molar-refractivity contribution < 1.29 is 0 Å². The molecule has 2 N–H and O–H groups in total. The van der Waals surface area contributed by atoms with Crippen molar-refractivity contribution in [3.05, 3.63) is 0 Å². The van der Waals surface area contributed by atoms with Crippen LogP contribution in [0.3, 0.4) is 0 Å².